The first-order valence-corrected chi connectivity index (χ1v) is 6.63. The summed E-state index contributed by atoms with van der Waals surface area (Å²) in [7, 11) is 0. The fraction of sp³-hybridized carbons (Fsp3) is 0.538. The highest BCUT2D eigenvalue weighted by molar-refractivity contribution is 6.36. The first kappa shape index (κ1) is 13.1. The van der Waals surface area contributed by atoms with E-state index < -0.39 is 5.82 Å². The molecule has 0 aliphatic heterocycles. The van der Waals surface area contributed by atoms with Crippen LogP contribution in [0.15, 0.2) is 12.1 Å². The molecule has 2 rings (SSSR count). The second kappa shape index (κ2) is 5.13. The molecule has 94 valence electrons. The molecule has 0 heterocycles. The normalized spacial score (nSPS) is 24.8. The molecule has 3 atom stereocenters. The van der Waals surface area contributed by atoms with E-state index in [1.165, 1.54) is 12.5 Å². The monoisotopic (exact) mass is 275 g/mol. The molecule has 1 nitrogen and oxygen atoms in total. The fourth-order valence-corrected chi connectivity index (χ4v) is 2.75. The van der Waals surface area contributed by atoms with Crippen LogP contribution in [0.2, 0.25) is 10.0 Å². The molecule has 3 unspecified atom stereocenters. The Hall–Kier alpha value is -0.310. The van der Waals surface area contributed by atoms with E-state index in [2.05, 4.69) is 12.2 Å². The molecule has 0 bridgehead atoms. The number of benzene rings is 1. The zero-order valence-corrected chi connectivity index (χ0v) is 11.4. The molecule has 0 radical (unpaired) electrons. The summed E-state index contributed by atoms with van der Waals surface area (Å²) >= 11 is 12.0. The summed E-state index contributed by atoms with van der Waals surface area (Å²) in [4.78, 5) is 0. The average Bonchev–Trinajstić information content (AvgIpc) is 2.98. The number of rotatable bonds is 4. The van der Waals surface area contributed by atoms with Crippen LogP contribution in [0.1, 0.15) is 31.9 Å². The van der Waals surface area contributed by atoms with Crippen molar-refractivity contribution in [1.82, 2.24) is 5.32 Å². The molecular formula is C13H16Cl2FN. The van der Waals surface area contributed by atoms with Crippen LogP contribution in [-0.4, -0.2) is 6.54 Å². The Labute approximate surface area is 111 Å². The third-order valence-corrected chi connectivity index (χ3v) is 4.19. The van der Waals surface area contributed by atoms with Crippen molar-refractivity contribution < 1.29 is 4.39 Å². The smallest absolute Gasteiger partial charge is 0.142 e. The van der Waals surface area contributed by atoms with Gasteiger partial charge in [0.2, 0.25) is 0 Å². The van der Waals surface area contributed by atoms with E-state index in [0.29, 0.717) is 10.6 Å². The highest BCUT2D eigenvalue weighted by Gasteiger charge is 2.32. The van der Waals surface area contributed by atoms with Gasteiger partial charge in [0.25, 0.3) is 0 Å². The topological polar surface area (TPSA) is 12.0 Å². The maximum atomic E-state index is 13.4. The third kappa shape index (κ3) is 2.93. The molecule has 1 aromatic rings. The molecule has 1 saturated carbocycles. The van der Waals surface area contributed by atoms with E-state index >= 15 is 0 Å². The lowest BCUT2D eigenvalue weighted by atomic mass is 10.1. The summed E-state index contributed by atoms with van der Waals surface area (Å²) in [5.74, 6) is 1.12. The number of halogens is 3. The first-order valence-electron chi connectivity index (χ1n) is 5.87. The van der Waals surface area contributed by atoms with Crippen molar-refractivity contribution in [3.63, 3.8) is 0 Å². The van der Waals surface area contributed by atoms with Crippen LogP contribution in [0, 0.1) is 17.7 Å². The third-order valence-electron chi connectivity index (χ3n) is 3.47. The minimum absolute atomic E-state index is 0.0292. The summed E-state index contributed by atoms with van der Waals surface area (Å²) < 4.78 is 13.4. The van der Waals surface area contributed by atoms with Crippen molar-refractivity contribution in [3.05, 3.63) is 33.6 Å². The van der Waals surface area contributed by atoms with Crippen LogP contribution in [-0.2, 0) is 0 Å². The summed E-state index contributed by atoms with van der Waals surface area (Å²) in [6.07, 6.45) is 1.27. The van der Waals surface area contributed by atoms with Gasteiger partial charge >= 0.3 is 0 Å². The van der Waals surface area contributed by atoms with Gasteiger partial charge in [-0.3, -0.25) is 0 Å². The number of hydrogen-bond donors (Lipinski definition) is 1. The Balaban J connectivity index is 2.07. The lowest BCUT2D eigenvalue weighted by molar-refractivity contribution is 0.531. The van der Waals surface area contributed by atoms with E-state index in [-0.39, 0.29) is 11.1 Å². The average molecular weight is 276 g/mol. The fourth-order valence-electron chi connectivity index (χ4n) is 2.05. The van der Waals surface area contributed by atoms with Crippen molar-refractivity contribution in [3.8, 4) is 0 Å². The Kier molecular flexibility index (Phi) is 3.96. The molecular weight excluding hydrogens is 260 g/mol. The van der Waals surface area contributed by atoms with Gasteiger partial charge in [0.15, 0.2) is 0 Å². The lowest BCUT2D eigenvalue weighted by Crippen LogP contribution is -2.22. The van der Waals surface area contributed by atoms with E-state index in [4.69, 9.17) is 23.2 Å². The van der Waals surface area contributed by atoms with E-state index in [9.17, 15) is 4.39 Å². The van der Waals surface area contributed by atoms with Gasteiger partial charge < -0.3 is 5.32 Å². The number of hydrogen-bond acceptors (Lipinski definition) is 1. The molecule has 1 aromatic carbocycles. The molecule has 1 N–H and O–H groups in total. The van der Waals surface area contributed by atoms with Crippen LogP contribution in [0.25, 0.3) is 0 Å². The minimum atomic E-state index is -0.417. The van der Waals surface area contributed by atoms with Gasteiger partial charge in [-0.05, 0) is 43.9 Å². The summed E-state index contributed by atoms with van der Waals surface area (Å²) in [6, 6.07) is 2.82. The molecule has 1 aliphatic carbocycles. The minimum Gasteiger partial charge on any atom is -0.310 e. The van der Waals surface area contributed by atoms with Gasteiger partial charge in [-0.25, -0.2) is 4.39 Å². The zero-order valence-electron chi connectivity index (χ0n) is 9.93. The standard InChI is InChI=1S/C13H16Cl2FN/c1-7-5-9(7)6-17-8(2)12-10(14)3-4-11(16)13(12)15/h3-4,7-9,17H,5-6H2,1-2H3. The maximum absolute atomic E-state index is 13.4. The summed E-state index contributed by atoms with van der Waals surface area (Å²) in [5.41, 5.74) is 0.654. The Morgan fingerprint density at radius 2 is 2.12 bits per heavy atom. The highest BCUT2D eigenvalue weighted by Crippen LogP contribution is 2.38. The molecule has 0 aromatic heterocycles. The molecule has 0 amide bonds. The van der Waals surface area contributed by atoms with Gasteiger partial charge in [-0.1, -0.05) is 30.1 Å². The summed E-state index contributed by atoms with van der Waals surface area (Å²) in [6.45, 7) is 5.13. The van der Waals surface area contributed by atoms with E-state index in [1.807, 2.05) is 6.92 Å². The Morgan fingerprint density at radius 3 is 2.71 bits per heavy atom. The molecule has 0 saturated heterocycles. The Bertz CT molecular complexity index is 422. The highest BCUT2D eigenvalue weighted by atomic mass is 35.5. The van der Waals surface area contributed by atoms with Crippen LogP contribution in [0.5, 0.6) is 0 Å². The van der Waals surface area contributed by atoms with E-state index in [1.54, 1.807) is 6.07 Å². The molecule has 4 heteroatoms. The summed E-state index contributed by atoms with van der Waals surface area (Å²) in [5, 5.41) is 4.00. The van der Waals surface area contributed by atoms with E-state index in [0.717, 1.165) is 18.4 Å². The van der Waals surface area contributed by atoms with Gasteiger partial charge in [0.1, 0.15) is 5.82 Å². The largest absolute Gasteiger partial charge is 0.310 e. The first-order chi connectivity index (χ1) is 8.00. The van der Waals surface area contributed by atoms with Crippen LogP contribution in [0.3, 0.4) is 0 Å². The Morgan fingerprint density at radius 1 is 1.47 bits per heavy atom. The van der Waals surface area contributed by atoms with Crippen molar-refractivity contribution >= 4 is 23.2 Å². The zero-order chi connectivity index (χ0) is 12.6. The van der Waals surface area contributed by atoms with Crippen molar-refractivity contribution in [2.45, 2.75) is 26.3 Å². The van der Waals surface area contributed by atoms with Crippen molar-refractivity contribution in [1.29, 1.82) is 0 Å². The van der Waals surface area contributed by atoms with Gasteiger partial charge in [0, 0.05) is 16.6 Å². The van der Waals surface area contributed by atoms with Crippen LogP contribution in [0.4, 0.5) is 4.39 Å². The SMILES string of the molecule is CC(NCC1CC1C)c1c(Cl)ccc(F)c1Cl. The second-order valence-corrected chi connectivity index (χ2v) is 5.65. The van der Waals surface area contributed by atoms with Gasteiger partial charge in [-0.2, -0.15) is 0 Å². The molecule has 1 aliphatic rings. The lowest BCUT2D eigenvalue weighted by Gasteiger charge is -2.17. The quantitative estimate of drug-likeness (QED) is 0.802. The maximum Gasteiger partial charge on any atom is 0.142 e. The van der Waals surface area contributed by atoms with Gasteiger partial charge in [-0.15, -0.1) is 0 Å². The van der Waals surface area contributed by atoms with Crippen molar-refractivity contribution in [2.75, 3.05) is 6.54 Å². The molecule has 0 spiro atoms. The van der Waals surface area contributed by atoms with Crippen LogP contribution < -0.4 is 5.32 Å². The molecule has 17 heavy (non-hydrogen) atoms. The second-order valence-electron chi connectivity index (χ2n) is 4.86. The predicted molar refractivity (Wildman–Crippen MR) is 70.1 cm³/mol. The predicted octanol–water partition coefficient (Wildman–Crippen LogP) is 4.44. The van der Waals surface area contributed by atoms with Crippen molar-refractivity contribution in [2.24, 2.45) is 11.8 Å². The number of nitrogens with one attached hydrogen (secondary N) is 1. The van der Waals surface area contributed by atoms with Gasteiger partial charge in [0.05, 0.1) is 5.02 Å². The van der Waals surface area contributed by atoms with Crippen LogP contribution >= 0.6 is 23.2 Å². The molecule has 1 fully saturated rings.